The third kappa shape index (κ3) is 6.60. The molecule has 0 aliphatic carbocycles. The Morgan fingerprint density at radius 2 is 1.90 bits per heavy atom. The minimum absolute atomic E-state index is 0.0793. The summed E-state index contributed by atoms with van der Waals surface area (Å²) in [6.07, 6.45) is -1.41. The zero-order chi connectivity index (χ0) is 22.2. The number of nitrogens with zero attached hydrogens (tertiary/aromatic N) is 2. The van der Waals surface area contributed by atoms with Crippen LogP contribution in [-0.4, -0.2) is 45.5 Å². The van der Waals surface area contributed by atoms with E-state index in [1.54, 1.807) is 20.8 Å². The van der Waals surface area contributed by atoms with Gasteiger partial charge in [0.2, 0.25) is 0 Å². The van der Waals surface area contributed by atoms with E-state index in [9.17, 15) is 14.3 Å². The standard InChI is InChI=1S/C18H32N3O7P/c1-17(2,3)10-11-13(27-29(23,24)28-18(4,5)6)14(25-7)15(26-11)21-9-8-12(19)20-16(21)22/h8-9,11,13-15H,10H2,1-7H3,(H,23,24)(H2,19,20,22)/t11-,13-,14-,15-/m1/s1. The summed E-state index contributed by atoms with van der Waals surface area (Å²) in [5.41, 5.74) is 3.86. The Hall–Kier alpha value is -1.29. The molecule has 1 fully saturated rings. The first-order chi connectivity index (χ1) is 13.1. The number of hydrogen-bond donors (Lipinski definition) is 2. The van der Waals surface area contributed by atoms with Crippen LogP contribution in [0.1, 0.15) is 54.2 Å². The minimum atomic E-state index is -4.44. The molecule has 0 saturated carbocycles. The summed E-state index contributed by atoms with van der Waals surface area (Å²) in [4.78, 5) is 26.3. The maximum atomic E-state index is 12.6. The molecule has 3 N–H and O–H groups in total. The van der Waals surface area contributed by atoms with Crippen LogP contribution in [0.15, 0.2) is 17.1 Å². The zero-order valence-corrected chi connectivity index (χ0v) is 18.9. The van der Waals surface area contributed by atoms with Gasteiger partial charge in [-0.05, 0) is 38.7 Å². The van der Waals surface area contributed by atoms with E-state index in [0.717, 1.165) is 0 Å². The molecule has 2 heterocycles. The number of nitrogen functional groups attached to an aromatic ring is 1. The molecule has 1 aliphatic rings. The average Bonchev–Trinajstić information content (AvgIpc) is 2.79. The second-order valence-corrected chi connectivity index (χ2v) is 10.6. The third-order valence-electron chi connectivity index (χ3n) is 4.14. The Bertz CT molecular complexity index is 815. The van der Waals surface area contributed by atoms with E-state index in [1.807, 2.05) is 20.8 Å². The van der Waals surface area contributed by atoms with E-state index >= 15 is 0 Å². The number of methoxy groups -OCH3 is 1. The fraction of sp³-hybridized carbons (Fsp3) is 0.778. The molecular weight excluding hydrogens is 401 g/mol. The van der Waals surface area contributed by atoms with Crippen LogP contribution in [0, 0.1) is 5.41 Å². The van der Waals surface area contributed by atoms with Gasteiger partial charge in [-0.25, -0.2) is 9.36 Å². The Morgan fingerprint density at radius 1 is 1.28 bits per heavy atom. The van der Waals surface area contributed by atoms with Crippen LogP contribution in [0.3, 0.4) is 0 Å². The van der Waals surface area contributed by atoms with Crippen molar-refractivity contribution in [3.8, 4) is 0 Å². The van der Waals surface area contributed by atoms with Gasteiger partial charge in [0.25, 0.3) is 0 Å². The normalized spacial score (nSPS) is 27.7. The monoisotopic (exact) mass is 433 g/mol. The summed E-state index contributed by atoms with van der Waals surface area (Å²) >= 11 is 0. The van der Waals surface area contributed by atoms with Crippen molar-refractivity contribution in [2.24, 2.45) is 5.41 Å². The maximum absolute atomic E-state index is 12.6. The molecule has 29 heavy (non-hydrogen) atoms. The maximum Gasteiger partial charge on any atom is 0.473 e. The van der Waals surface area contributed by atoms with Crippen LogP contribution in [0.2, 0.25) is 0 Å². The van der Waals surface area contributed by atoms with Crippen molar-refractivity contribution < 1.29 is 28.0 Å². The molecule has 1 unspecified atom stereocenters. The Morgan fingerprint density at radius 3 is 2.38 bits per heavy atom. The first-order valence-electron chi connectivity index (χ1n) is 9.37. The summed E-state index contributed by atoms with van der Waals surface area (Å²) in [5, 5.41) is 0. The van der Waals surface area contributed by atoms with Gasteiger partial charge in [-0.1, -0.05) is 20.8 Å². The number of aromatic nitrogens is 2. The number of phosphoric acid groups is 1. The van der Waals surface area contributed by atoms with E-state index < -0.39 is 43.7 Å². The van der Waals surface area contributed by atoms with Crippen molar-refractivity contribution in [3.63, 3.8) is 0 Å². The van der Waals surface area contributed by atoms with Gasteiger partial charge in [-0.3, -0.25) is 13.6 Å². The predicted octanol–water partition coefficient (Wildman–Crippen LogP) is 2.47. The van der Waals surface area contributed by atoms with Crippen molar-refractivity contribution >= 4 is 13.6 Å². The topological polar surface area (TPSA) is 135 Å². The summed E-state index contributed by atoms with van der Waals surface area (Å²) in [7, 11) is -3.02. The summed E-state index contributed by atoms with van der Waals surface area (Å²) < 4.78 is 36.2. The molecule has 2 rings (SSSR count). The van der Waals surface area contributed by atoms with Gasteiger partial charge in [0.15, 0.2) is 6.23 Å². The molecule has 166 valence electrons. The number of hydrogen-bond acceptors (Lipinski definition) is 8. The smallest absolute Gasteiger partial charge is 0.383 e. The first kappa shape index (κ1) is 24.0. The molecule has 1 aromatic rings. The highest BCUT2D eigenvalue weighted by atomic mass is 31.2. The average molecular weight is 433 g/mol. The van der Waals surface area contributed by atoms with Gasteiger partial charge < -0.3 is 20.1 Å². The van der Waals surface area contributed by atoms with Crippen LogP contribution in [0.4, 0.5) is 5.82 Å². The number of phosphoric ester groups is 1. The summed E-state index contributed by atoms with van der Waals surface area (Å²) in [5.74, 6) is 0.0793. The Kier molecular flexibility index (Phi) is 6.99. The lowest BCUT2D eigenvalue weighted by Crippen LogP contribution is -2.39. The third-order valence-corrected chi connectivity index (χ3v) is 5.43. The summed E-state index contributed by atoms with van der Waals surface area (Å²) in [6, 6.07) is 1.46. The van der Waals surface area contributed by atoms with Crippen molar-refractivity contribution in [3.05, 3.63) is 22.7 Å². The van der Waals surface area contributed by atoms with Gasteiger partial charge in [-0.2, -0.15) is 4.98 Å². The second-order valence-electron chi connectivity index (χ2n) is 9.31. The van der Waals surface area contributed by atoms with E-state index in [2.05, 4.69) is 4.98 Å². The molecular formula is C18H32N3O7P. The molecule has 1 saturated heterocycles. The fourth-order valence-corrected chi connectivity index (χ4v) is 4.52. The van der Waals surface area contributed by atoms with Crippen LogP contribution < -0.4 is 11.4 Å². The molecule has 1 aliphatic heterocycles. The van der Waals surface area contributed by atoms with Crippen molar-refractivity contribution in [1.29, 1.82) is 0 Å². The highest BCUT2D eigenvalue weighted by Crippen LogP contribution is 2.52. The van der Waals surface area contributed by atoms with E-state index in [-0.39, 0.29) is 11.2 Å². The fourth-order valence-electron chi connectivity index (χ4n) is 3.22. The number of ether oxygens (including phenoxy) is 2. The predicted molar refractivity (Wildman–Crippen MR) is 107 cm³/mol. The van der Waals surface area contributed by atoms with Gasteiger partial charge in [0, 0.05) is 13.3 Å². The zero-order valence-electron chi connectivity index (χ0n) is 18.0. The Labute approximate surface area is 170 Å². The minimum Gasteiger partial charge on any atom is -0.383 e. The number of nitrogens with two attached hydrogens (primary N) is 1. The van der Waals surface area contributed by atoms with Crippen molar-refractivity contribution in [2.45, 2.75) is 78.1 Å². The van der Waals surface area contributed by atoms with Crippen LogP contribution in [0.5, 0.6) is 0 Å². The van der Waals surface area contributed by atoms with E-state index in [0.29, 0.717) is 6.42 Å². The molecule has 10 nitrogen and oxygen atoms in total. The molecule has 11 heteroatoms. The molecule has 0 spiro atoms. The molecule has 0 amide bonds. The van der Waals surface area contributed by atoms with E-state index in [1.165, 1.54) is 23.9 Å². The van der Waals surface area contributed by atoms with Crippen molar-refractivity contribution in [2.75, 3.05) is 12.8 Å². The lowest BCUT2D eigenvalue weighted by Gasteiger charge is -2.30. The first-order valence-corrected chi connectivity index (χ1v) is 10.9. The van der Waals surface area contributed by atoms with Crippen molar-refractivity contribution in [1.82, 2.24) is 9.55 Å². The second kappa shape index (κ2) is 8.45. The molecule has 0 radical (unpaired) electrons. The van der Waals surface area contributed by atoms with Crippen LogP contribution >= 0.6 is 7.82 Å². The van der Waals surface area contributed by atoms with Crippen LogP contribution in [-0.2, 0) is 23.1 Å². The molecule has 0 bridgehead atoms. The lowest BCUT2D eigenvalue weighted by molar-refractivity contribution is -0.0593. The van der Waals surface area contributed by atoms with Crippen LogP contribution in [0.25, 0.3) is 0 Å². The van der Waals surface area contributed by atoms with Gasteiger partial charge in [0.1, 0.15) is 18.0 Å². The molecule has 5 atom stereocenters. The Balaban J connectivity index is 2.41. The molecule has 1 aromatic heterocycles. The van der Waals surface area contributed by atoms with Gasteiger partial charge >= 0.3 is 13.5 Å². The largest absolute Gasteiger partial charge is 0.473 e. The summed E-state index contributed by atoms with van der Waals surface area (Å²) in [6.45, 7) is 10.9. The van der Waals surface area contributed by atoms with Gasteiger partial charge in [0.05, 0.1) is 11.7 Å². The highest BCUT2D eigenvalue weighted by Gasteiger charge is 2.51. The highest BCUT2D eigenvalue weighted by molar-refractivity contribution is 7.47. The number of rotatable bonds is 6. The number of anilines is 1. The van der Waals surface area contributed by atoms with Gasteiger partial charge in [-0.15, -0.1) is 0 Å². The SMILES string of the molecule is CO[C@@H]1[C@H](OP(=O)(O)OC(C)(C)C)[C@@H](CC(C)(C)C)O[C@H]1n1ccc(N)nc1=O. The molecule has 0 aromatic carbocycles. The quantitative estimate of drug-likeness (QED) is 0.649. The van der Waals surface area contributed by atoms with E-state index in [4.69, 9.17) is 24.3 Å². The lowest BCUT2D eigenvalue weighted by atomic mass is 9.87.